The number of carbonyl (C=O) groups is 2. The van der Waals surface area contributed by atoms with Gasteiger partial charge < -0.3 is 19.3 Å². The SMILES string of the molecule is COc1ccc(C(=O)NNC(=O)COc2cccc(C(F)(F)F)c2)cc1OCCO. The Bertz CT molecular complexity index is 889. The van der Waals surface area contributed by atoms with Crippen LogP contribution in [-0.4, -0.2) is 43.9 Å². The van der Waals surface area contributed by atoms with E-state index in [-0.39, 0.29) is 30.3 Å². The average Bonchev–Trinajstić information content (AvgIpc) is 2.73. The molecular weight excluding hydrogens is 409 g/mol. The largest absolute Gasteiger partial charge is 0.493 e. The maximum Gasteiger partial charge on any atom is 0.416 e. The van der Waals surface area contributed by atoms with Crippen molar-refractivity contribution in [1.82, 2.24) is 10.9 Å². The fourth-order valence-electron chi connectivity index (χ4n) is 2.23. The zero-order chi connectivity index (χ0) is 22.1. The van der Waals surface area contributed by atoms with Gasteiger partial charge in [-0.15, -0.1) is 0 Å². The number of hydrazine groups is 1. The summed E-state index contributed by atoms with van der Waals surface area (Å²) in [5.74, 6) is -1.05. The van der Waals surface area contributed by atoms with Crippen LogP contribution in [-0.2, 0) is 11.0 Å². The van der Waals surface area contributed by atoms with Crippen LogP contribution in [0.4, 0.5) is 13.2 Å². The van der Waals surface area contributed by atoms with Crippen LogP contribution in [0.5, 0.6) is 17.2 Å². The van der Waals surface area contributed by atoms with Crippen molar-refractivity contribution in [1.29, 1.82) is 0 Å². The topological polar surface area (TPSA) is 106 Å². The predicted molar refractivity (Wildman–Crippen MR) is 98.1 cm³/mol. The van der Waals surface area contributed by atoms with Crippen molar-refractivity contribution in [3.63, 3.8) is 0 Å². The van der Waals surface area contributed by atoms with Gasteiger partial charge in [-0.3, -0.25) is 20.4 Å². The first-order valence-corrected chi connectivity index (χ1v) is 8.55. The Morgan fingerprint density at radius 3 is 2.47 bits per heavy atom. The molecule has 0 fully saturated rings. The molecule has 2 amide bonds. The fraction of sp³-hybridized carbons (Fsp3) is 0.263. The number of methoxy groups -OCH3 is 1. The van der Waals surface area contributed by atoms with Crippen molar-refractivity contribution in [2.75, 3.05) is 26.9 Å². The molecule has 0 bridgehead atoms. The van der Waals surface area contributed by atoms with Gasteiger partial charge in [0.2, 0.25) is 0 Å². The smallest absolute Gasteiger partial charge is 0.416 e. The third-order valence-electron chi connectivity index (χ3n) is 3.62. The van der Waals surface area contributed by atoms with Gasteiger partial charge >= 0.3 is 6.18 Å². The summed E-state index contributed by atoms with van der Waals surface area (Å²) in [7, 11) is 1.41. The maximum absolute atomic E-state index is 12.7. The van der Waals surface area contributed by atoms with E-state index in [0.717, 1.165) is 18.2 Å². The zero-order valence-corrected chi connectivity index (χ0v) is 15.8. The van der Waals surface area contributed by atoms with Gasteiger partial charge in [0.1, 0.15) is 12.4 Å². The number of amides is 2. The van der Waals surface area contributed by atoms with Gasteiger partial charge in [-0.05, 0) is 36.4 Å². The molecule has 2 aromatic carbocycles. The van der Waals surface area contributed by atoms with Gasteiger partial charge in [-0.1, -0.05) is 6.07 Å². The minimum Gasteiger partial charge on any atom is -0.493 e. The van der Waals surface area contributed by atoms with E-state index >= 15 is 0 Å². The summed E-state index contributed by atoms with van der Waals surface area (Å²) in [6, 6.07) is 8.31. The first kappa shape index (κ1) is 22.8. The van der Waals surface area contributed by atoms with Crippen LogP contribution in [0, 0.1) is 0 Å². The first-order valence-electron chi connectivity index (χ1n) is 8.55. The van der Waals surface area contributed by atoms with Crippen LogP contribution in [0.15, 0.2) is 42.5 Å². The third kappa shape index (κ3) is 6.55. The highest BCUT2D eigenvalue weighted by Gasteiger charge is 2.30. The minimum atomic E-state index is -4.53. The van der Waals surface area contributed by atoms with Crippen LogP contribution >= 0.6 is 0 Å². The number of alkyl halides is 3. The van der Waals surface area contributed by atoms with Crippen molar-refractivity contribution in [2.45, 2.75) is 6.18 Å². The second kappa shape index (κ2) is 10.3. The third-order valence-corrected chi connectivity index (χ3v) is 3.62. The Morgan fingerprint density at radius 1 is 1.03 bits per heavy atom. The molecule has 0 heterocycles. The van der Waals surface area contributed by atoms with E-state index in [4.69, 9.17) is 19.3 Å². The number of ether oxygens (including phenoxy) is 3. The maximum atomic E-state index is 12.7. The lowest BCUT2D eigenvalue weighted by atomic mass is 10.2. The molecule has 0 saturated heterocycles. The molecule has 0 spiro atoms. The molecule has 162 valence electrons. The Balaban J connectivity index is 1.89. The van der Waals surface area contributed by atoms with Crippen LogP contribution in [0.3, 0.4) is 0 Å². The lowest BCUT2D eigenvalue weighted by Crippen LogP contribution is -2.43. The van der Waals surface area contributed by atoms with Crippen molar-refractivity contribution in [2.24, 2.45) is 0 Å². The summed E-state index contributed by atoms with van der Waals surface area (Å²) in [4.78, 5) is 24.0. The number of hydrogen-bond donors (Lipinski definition) is 3. The average molecular weight is 428 g/mol. The summed E-state index contributed by atoms with van der Waals surface area (Å²) < 4.78 is 53.4. The van der Waals surface area contributed by atoms with E-state index in [1.165, 1.54) is 31.4 Å². The van der Waals surface area contributed by atoms with Crippen LogP contribution in [0.25, 0.3) is 0 Å². The Hall–Kier alpha value is -3.47. The summed E-state index contributed by atoms with van der Waals surface area (Å²) in [6.45, 7) is -0.859. The normalized spacial score (nSPS) is 10.8. The highest BCUT2D eigenvalue weighted by molar-refractivity contribution is 5.96. The molecule has 0 aromatic heterocycles. The van der Waals surface area contributed by atoms with Gasteiger partial charge in [-0.2, -0.15) is 13.2 Å². The monoisotopic (exact) mass is 428 g/mol. The van der Waals surface area contributed by atoms with Gasteiger partial charge in [0, 0.05) is 5.56 Å². The number of hydrogen-bond acceptors (Lipinski definition) is 6. The fourth-order valence-corrected chi connectivity index (χ4v) is 2.23. The number of aliphatic hydroxyl groups excluding tert-OH is 1. The molecule has 3 N–H and O–H groups in total. The predicted octanol–water partition coefficient (Wildman–Crippen LogP) is 1.93. The number of nitrogens with one attached hydrogen (secondary N) is 2. The molecule has 8 nitrogen and oxygen atoms in total. The minimum absolute atomic E-state index is 0.00888. The second-order valence-electron chi connectivity index (χ2n) is 5.75. The molecule has 0 aliphatic heterocycles. The van der Waals surface area contributed by atoms with E-state index in [0.29, 0.717) is 5.75 Å². The van der Waals surface area contributed by atoms with Crippen molar-refractivity contribution >= 4 is 11.8 Å². The van der Waals surface area contributed by atoms with E-state index in [1.54, 1.807) is 0 Å². The summed E-state index contributed by atoms with van der Waals surface area (Å²) in [5.41, 5.74) is 3.45. The lowest BCUT2D eigenvalue weighted by Gasteiger charge is -2.13. The highest BCUT2D eigenvalue weighted by atomic mass is 19.4. The molecule has 30 heavy (non-hydrogen) atoms. The molecule has 2 aromatic rings. The molecule has 0 aliphatic carbocycles. The quantitative estimate of drug-likeness (QED) is 0.555. The van der Waals surface area contributed by atoms with Crippen LogP contribution in [0.2, 0.25) is 0 Å². The first-order chi connectivity index (χ1) is 14.2. The molecule has 0 unspecified atom stereocenters. The van der Waals surface area contributed by atoms with Crippen LogP contribution < -0.4 is 25.1 Å². The highest BCUT2D eigenvalue weighted by Crippen LogP contribution is 2.31. The Kier molecular flexibility index (Phi) is 7.87. The lowest BCUT2D eigenvalue weighted by molar-refractivity contribution is -0.137. The standard InChI is InChI=1S/C19H19F3N2O6/c1-28-15-6-5-12(9-16(15)29-8-7-25)18(27)24-23-17(26)11-30-14-4-2-3-13(10-14)19(20,21)22/h2-6,9-10,25H,7-8,11H2,1H3,(H,23,26)(H,24,27). The number of aliphatic hydroxyl groups is 1. The number of halogens is 3. The molecule has 11 heteroatoms. The molecule has 0 atom stereocenters. The molecule has 0 aliphatic rings. The summed E-state index contributed by atoms with van der Waals surface area (Å²) in [5, 5.41) is 8.84. The Morgan fingerprint density at radius 2 is 1.80 bits per heavy atom. The Labute approximate surface area is 169 Å². The van der Waals surface area contributed by atoms with Crippen molar-refractivity contribution in [3.8, 4) is 17.2 Å². The van der Waals surface area contributed by atoms with Gasteiger partial charge in [0.15, 0.2) is 18.1 Å². The summed E-state index contributed by atoms with van der Waals surface area (Å²) >= 11 is 0. The summed E-state index contributed by atoms with van der Waals surface area (Å²) in [6.07, 6.45) is -4.53. The van der Waals surface area contributed by atoms with E-state index in [2.05, 4.69) is 10.9 Å². The zero-order valence-electron chi connectivity index (χ0n) is 15.8. The number of rotatable bonds is 8. The van der Waals surface area contributed by atoms with Crippen molar-refractivity contribution in [3.05, 3.63) is 53.6 Å². The second-order valence-corrected chi connectivity index (χ2v) is 5.75. The molecule has 0 saturated carbocycles. The van der Waals surface area contributed by atoms with E-state index in [1.807, 2.05) is 0 Å². The van der Waals surface area contributed by atoms with Gasteiger partial charge in [-0.25, -0.2) is 0 Å². The van der Waals surface area contributed by atoms with E-state index in [9.17, 15) is 22.8 Å². The molecular formula is C19H19F3N2O6. The van der Waals surface area contributed by atoms with Gasteiger partial charge in [0.25, 0.3) is 11.8 Å². The van der Waals surface area contributed by atoms with Crippen molar-refractivity contribution < 1.29 is 42.1 Å². The molecule has 2 rings (SSSR count). The van der Waals surface area contributed by atoms with Gasteiger partial charge in [0.05, 0.1) is 19.3 Å². The molecule has 0 radical (unpaired) electrons. The number of benzene rings is 2. The number of carbonyl (C=O) groups excluding carboxylic acids is 2. The van der Waals surface area contributed by atoms with E-state index < -0.39 is 30.2 Å². The van der Waals surface area contributed by atoms with Crippen LogP contribution in [0.1, 0.15) is 15.9 Å².